The summed E-state index contributed by atoms with van der Waals surface area (Å²) in [6.07, 6.45) is 40.9. The smallest absolute Gasteiger partial charge is 0.306 e. The number of esters is 3. The Bertz CT molecular complexity index is 839. The minimum absolute atomic E-state index is 0.0646. The zero-order chi connectivity index (χ0) is 40.5. The second kappa shape index (κ2) is 42.0. The summed E-state index contributed by atoms with van der Waals surface area (Å²) in [7, 11) is 0. The van der Waals surface area contributed by atoms with Crippen molar-refractivity contribution < 1.29 is 28.6 Å². The molecule has 0 aliphatic carbocycles. The van der Waals surface area contributed by atoms with Crippen molar-refractivity contribution in [3.05, 3.63) is 0 Å². The highest BCUT2D eigenvalue weighted by Crippen LogP contribution is 2.17. The first-order chi connectivity index (χ1) is 26.7. The average molecular weight is 779 g/mol. The third-order valence-corrected chi connectivity index (χ3v) is 11.0. The molecule has 0 spiro atoms. The molecule has 0 rings (SSSR count). The van der Waals surface area contributed by atoms with Gasteiger partial charge in [0.2, 0.25) is 0 Å². The molecule has 326 valence electrons. The van der Waals surface area contributed by atoms with Crippen LogP contribution in [0, 0.1) is 11.8 Å². The quantitative estimate of drug-likeness (QED) is 0.0348. The van der Waals surface area contributed by atoms with Gasteiger partial charge in [-0.3, -0.25) is 14.4 Å². The lowest BCUT2D eigenvalue weighted by Crippen LogP contribution is -2.30. The number of hydrogen-bond acceptors (Lipinski definition) is 6. The van der Waals surface area contributed by atoms with Crippen molar-refractivity contribution in [2.75, 3.05) is 13.2 Å². The van der Waals surface area contributed by atoms with Crippen molar-refractivity contribution in [2.45, 2.75) is 272 Å². The van der Waals surface area contributed by atoms with Crippen LogP contribution in [0.5, 0.6) is 0 Å². The van der Waals surface area contributed by atoms with Gasteiger partial charge in [-0.15, -0.1) is 0 Å². The molecule has 0 aromatic rings. The van der Waals surface area contributed by atoms with E-state index in [1.165, 1.54) is 154 Å². The summed E-state index contributed by atoms with van der Waals surface area (Å²) < 4.78 is 16.7. The lowest BCUT2D eigenvalue weighted by Gasteiger charge is -2.18. The van der Waals surface area contributed by atoms with Crippen molar-refractivity contribution in [3.63, 3.8) is 0 Å². The molecule has 0 aromatic carbocycles. The van der Waals surface area contributed by atoms with Gasteiger partial charge in [-0.1, -0.05) is 227 Å². The van der Waals surface area contributed by atoms with Crippen LogP contribution in [0.2, 0.25) is 0 Å². The first kappa shape index (κ1) is 53.4. The van der Waals surface area contributed by atoms with E-state index in [2.05, 4.69) is 34.6 Å². The Labute approximate surface area is 342 Å². The van der Waals surface area contributed by atoms with Crippen LogP contribution in [0.3, 0.4) is 0 Å². The van der Waals surface area contributed by atoms with Crippen LogP contribution in [0.15, 0.2) is 0 Å². The summed E-state index contributed by atoms with van der Waals surface area (Å²) in [5.41, 5.74) is 0. The van der Waals surface area contributed by atoms with E-state index in [0.717, 1.165) is 69.6 Å². The molecule has 0 radical (unpaired) electrons. The fourth-order valence-electron chi connectivity index (χ4n) is 7.28. The highest BCUT2D eigenvalue weighted by molar-refractivity contribution is 5.71. The highest BCUT2D eigenvalue weighted by Gasteiger charge is 2.19. The number of unbranched alkanes of at least 4 members (excludes halogenated alkanes) is 28. The van der Waals surface area contributed by atoms with Crippen LogP contribution in [-0.4, -0.2) is 37.2 Å². The van der Waals surface area contributed by atoms with Gasteiger partial charge in [0, 0.05) is 19.3 Å². The van der Waals surface area contributed by atoms with Gasteiger partial charge in [-0.2, -0.15) is 0 Å². The minimum atomic E-state index is -0.761. The normalized spacial score (nSPS) is 12.1. The van der Waals surface area contributed by atoms with Crippen molar-refractivity contribution in [1.29, 1.82) is 0 Å². The van der Waals surface area contributed by atoms with Gasteiger partial charge in [-0.05, 0) is 31.1 Å². The lowest BCUT2D eigenvalue weighted by atomic mass is 10.0. The third kappa shape index (κ3) is 43.4. The lowest BCUT2D eigenvalue weighted by molar-refractivity contribution is -0.167. The molecule has 55 heavy (non-hydrogen) atoms. The van der Waals surface area contributed by atoms with Crippen LogP contribution in [0.25, 0.3) is 0 Å². The number of hydrogen-bond donors (Lipinski definition) is 0. The van der Waals surface area contributed by atoms with E-state index in [1.54, 1.807) is 0 Å². The number of carbonyl (C=O) groups is 3. The van der Waals surface area contributed by atoms with Crippen LogP contribution >= 0.6 is 0 Å². The molecule has 0 saturated heterocycles. The van der Waals surface area contributed by atoms with Gasteiger partial charge in [0.05, 0.1) is 0 Å². The molecule has 0 amide bonds. The molecule has 0 aliphatic rings. The van der Waals surface area contributed by atoms with Crippen LogP contribution in [0.1, 0.15) is 266 Å². The van der Waals surface area contributed by atoms with Crippen molar-refractivity contribution in [2.24, 2.45) is 11.8 Å². The summed E-state index contributed by atoms with van der Waals surface area (Å²) in [4.78, 5) is 37.8. The van der Waals surface area contributed by atoms with Crippen molar-refractivity contribution >= 4 is 17.9 Å². The first-order valence-corrected chi connectivity index (χ1v) is 24.2. The fraction of sp³-hybridized carbons (Fsp3) is 0.939. The molecule has 0 N–H and O–H groups in total. The molecular weight excluding hydrogens is 685 g/mol. The summed E-state index contributed by atoms with van der Waals surface area (Å²) in [6.45, 7) is 11.3. The van der Waals surface area contributed by atoms with E-state index in [9.17, 15) is 14.4 Å². The Kier molecular flexibility index (Phi) is 40.8. The topological polar surface area (TPSA) is 78.9 Å². The summed E-state index contributed by atoms with van der Waals surface area (Å²) >= 11 is 0. The minimum Gasteiger partial charge on any atom is -0.462 e. The predicted molar refractivity (Wildman–Crippen MR) is 233 cm³/mol. The van der Waals surface area contributed by atoms with Gasteiger partial charge < -0.3 is 14.2 Å². The maximum Gasteiger partial charge on any atom is 0.306 e. The highest BCUT2D eigenvalue weighted by atomic mass is 16.6. The van der Waals surface area contributed by atoms with Gasteiger partial charge in [0.25, 0.3) is 0 Å². The number of carbonyl (C=O) groups excluding carboxylic acids is 3. The zero-order valence-corrected chi connectivity index (χ0v) is 37.6. The number of ether oxygens (including phenoxy) is 3. The van der Waals surface area contributed by atoms with E-state index < -0.39 is 6.10 Å². The zero-order valence-electron chi connectivity index (χ0n) is 37.6. The monoisotopic (exact) mass is 779 g/mol. The average Bonchev–Trinajstić information content (AvgIpc) is 3.15. The summed E-state index contributed by atoms with van der Waals surface area (Å²) in [5.74, 6) is 0.758. The Morgan fingerprint density at radius 1 is 0.345 bits per heavy atom. The van der Waals surface area contributed by atoms with E-state index in [1.807, 2.05) is 0 Å². The molecule has 0 aromatic heterocycles. The largest absolute Gasteiger partial charge is 0.462 e. The maximum atomic E-state index is 12.7. The first-order valence-electron chi connectivity index (χ1n) is 24.2. The standard InChI is InChI=1S/C49H94O6/c1-6-7-8-9-10-11-12-16-19-24-29-34-39-47(50)53-42-46(43-54-48(51)40-35-30-26-21-23-28-33-38-45(4)5)55-49(52)41-36-31-25-20-17-14-13-15-18-22-27-32-37-44(2)3/h44-46H,6-43H2,1-5H3/t46-/m1/s1. The number of rotatable bonds is 43. The van der Waals surface area contributed by atoms with E-state index >= 15 is 0 Å². The molecule has 0 unspecified atom stereocenters. The Morgan fingerprint density at radius 2 is 0.600 bits per heavy atom. The molecule has 0 bridgehead atoms. The van der Waals surface area contributed by atoms with Gasteiger partial charge in [0.15, 0.2) is 6.10 Å². The Balaban J connectivity index is 4.31. The molecule has 0 aliphatic heterocycles. The van der Waals surface area contributed by atoms with Gasteiger partial charge in [-0.25, -0.2) is 0 Å². The maximum absolute atomic E-state index is 12.7. The van der Waals surface area contributed by atoms with Crippen LogP contribution in [0.4, 0.5) is 0 Å². The summed E-state index contributed by atoms with van der Waals surface area (Å²) in [6, 6.07) is 0. The molecule has 6 heteroatoms. The molecule has 0 saturated carbocycles. The Morgan fingerprint density at radius 3 is 0.891 bits per heavy atom. The molecular formula is C49H94O6. The SMILES string of the molecule is CCCCCCCCCCCCCCC(=O)OC[C@H](COC(=O)CCCCCCCCCC(C)C)OC(=O)CCCCCCCCCCCCCCC(C)C. The Hall–Kier alpha value is -1.59. The third-order valence-electron chi connectivity index (χ3n) is 11.0. The molecule has 6 nitrogen and oxygen atoms in total. The second-order valence-corrected chi connectivity index (χ2v) is 17.7. The van der Waals surface area contributed by atoms with E-state index in [4.69, 9.17) is 14.2 Å². The summed E-state index contributed by atoms with van der Waals surface area (Å²) in [5, 5.41) is 0. The second-order valence-electron chi connectivity index (χ2n) is 17.7. The van der Waals surface area contributed by atoms with E-state index in [-0.39, 0.29) is 31.1 Å². The van der Waals surface area contributed by atoms with Crippen LogP contribution < -0.4 is 0 Å². The molecule has 0 fully saturated rings. The van der Waals surface area contributed by atoms with E-state index in [0.29, 0.717) is 19.3 Å². The van der Waals surface area contributed by atoms with Gasteiger partial charge >= 0.3 is 17.9 Å². The molecule has 1 atom stereocenters. The van der Waals surface area contributed by atoms with Crippen molar-refractivity contribution in [1.82, 2.24) is 0 Å². The van der Waals surface area contributed by atoms with Gasteiger partial charge in [0.1, 0.15) is 13.2 Å². The van der Waals surface area contributed by atoms with Crippen LogP contribution in [-0.2, 0) is 28.6 Å². The van der Waals surface area contributed by atoms with Crippen molar-refractivity contribution in [3.8, 4) is 0 Å². The fourth-order valence-corrected chi connectivity index (χ4v) is 7.28. The molecule has 0 heterocycles. The predicted octanol–water partition coefficient (Wildman–Crippen LogP) is 15.4.